The van der Waals surface area contributed by atoms with Crippen LogP contribution in [0.5, 0.6) is 0 Å². The van der Waals surface area contributed by atoms with Crippen LogP contribution in [-0.2, 0) is 0 Å². The summed E-state index contributed by atoms with van der Waals surface area (Å²) in [6.45, 7) is 0. The molecule has 0 saturated carbocycles. The maximum absolute atomic E-state index is 6.67. The fourth-order valence-electron chi connectivity index (χ4n) is 8.24. The Balaban J connectivity index is 1.04. The van der Waals surface area contributed by atoms with Crippen molar-refractivity contribution < 1.29 is 4.42 Å². The van der Waals surface area contributed by atoms with Crippen LogP contribution in [0.15, 0.2) is 205 Å². The Morgan fingerprint density at radius 1 is 0.364 bits per heavy atom. The molecule has 0 saturated heterocycles. The highest BCUT2D eigenvalue weighted by Gasteiger charge is 2.22. The lowest BCUT2D eigenvalue weighted by Gasteiger charge is -2.28. The Labute approximate surface area is 322 Å². The molecule has 11 aromatic rings. The predicted octanol–water partition coefficient (Wildman–Crippen LogP) is 15.6. The van der Waals surface area contributed by atoms with Crippen molar-refractivity contribution in [2.45, 2.75) is 0 Å². The SMILES string of the molecule is c1ccc(N(c2ccc(-c3ccc(-c4cccc5ccccc45)cc3)cc2)c2cccc3c2oc2ccccc23)c(-c2ccc3c(c2)sc2ccccc23)c1. The third-order valence-corrected chi connectivity index (χ3v) is 12.0. The highest BCUT2D eigenvalue weighted by molar-refractivity contribution is 7.25. The number of thiophene rings is 1. The van der Waals surface area contributed by atoms with E-state index in [-0.39, 0.29) is 0 Å². The van der Waals surface area contributed by atoms with Gasteiger partial charge in [-0.1, -0.05) is 158 Å². The second-order valence-corrected chi connectivity index (χ2v) is 15.1. The number of para-hydroxylation sites is 3. The summed E-state index contributed by atoms with van der Waals surface area (Å²) < 4.78 is 9.27. The molecule has 0 fully saturated rings. The maximum Gasteiger partial charge on any atom is 0.159 e. The number of benzene rings is 9. The molecule has 0 unspecified atom stereocenters. The molecule has 0 bridgehead atoms. The van der Waals surface area contributed by atoms with Gasteiger partial charge in [-0.2, -0.15) is 0 Å². The van der Waals surface area contributed by atoms with E-state index in [4.69, 9.17) is 4.42 Å². The molecule has 11 rings (SSSR count). The zero-order valence-corrected chi connectivity index (χ0v) is 30.6. The summed E-state index contributed by atoms with van der Waals surface area (Å²) in [5.41, 5.74) is 12.0. The summed E-state index contributed by atoms with van der Waals surface area (Å²) in [6, 6.07) is 72.1. The van der Waals surface area contributed by atoms with E-state index in [9.17, 15) is 0 Å². The lowest BCUT2D eigenvalue weighted by Crippen LogP contribution is -2.11. The van der Waals surface area contributed by atoms with Crippen molar-refractivity contribution in [2.75, 3.05) is 4.90 Å². The van der Waals surface area contributed by atoms with Gasteiger partial charge in [0.2, 0.25) is 0 Å². The largest absolute Gasteiger partial charge is 0.454 e. The number of fused-ring (bicyclic) bond motifs is 7. The molecule has 0 radical (unpaired) electrons. The van der Waals surface area contributed by atoms with Gasteiger partial charge in [-0.15, -0.1) is 11.3 Å². The van der Waals surface area contributed by atoms with E-state index in [0.29, 0.717) is 0 Å². The van der Waals surface area contributed by atoms with E-state index >= 15 is 0 Å². The highest BCUT2D eigenvalue weighted by Crippen LogP contribution is 2.46. The predicted molar refractivity (Wildman–Crippen MR) is 235 cm³/mol. The van der Waals surface area contributed by atoms with E-state index in [1.54, 1.807) is 0 Å². The molecule has 0 aliphatic carbocycles. The summed E-state index contributed by atoms with van der Waals surface area (Å²) in [5.74, 6) is 0. The van der Waals surface area contributed by atoms with Crippen LogP contribution in [0.4, 0.5) is 17.1 Å². The van der Waals surface area contributed by atoms with Crippen molar-refractivity contribution in [2.24, 2.45) is 0 Å². The summed E-state index contributed by atoms with van der Waals surface area (Å²) in [5, 5.41) is 7.35. The smallest absolute Gasteiger partial charge is 0.159 e. The second kappa shape index (κ2) is 12.9. The molecule has 2 heterocycles. The summed E-state index contributed by atoms with van der Waals surface area (Å²) >= 11 is 1.85. The van der Waals surface area contributed by atoms with Gasteiger partial charge < -0.3 is 9.32 Å². The topological polar surface area (TPSA) is 16.4 Å². The van der Waals surface area contributed by atoms with Gasteiger partial charge in [-0.3, -0.25) is 0 Å². The first-order valence-electron chi connectivity index (χ1n) is 18.7. The molecule has 55 heavy (non-hydrogen) atoms. The Morgan fingerprint density at radius 2 is 0.945 bits per heavy atom. The Morgan fingerprint density at radius 3 is 1.82 bits per heavy atom. The summed E-state index contributed by atoms with van der Waals surface area (Å²) in [4.78, 5) is 2.36. The van der Waals surface area contributed by atoms with Crippen molar-refractivity contribution in [3.05, 3.63) is 200 Å². The minimum absolute atomic E-state index is 0.867. The Kier molecular flexibility index (Phi) is 7.39. The number of nitrogens with zero attached hydrogens (tertiary/aromatic N) is 1. The Bertz CT molecular complexity index is 3200. The highest BCUT2D eigenvalue weighted by atomic mass is 32.1. The van der Waals surface area contributed by atoms with E-state index in [2.05, 4.69) is 199 Å². The molecule has 2 aromatic heterocycles. The maximum atomic E-state index is 6.67. The van der Waals surface area contributed by atoms with Crippen LogP contribution >= 0.6 is 11.3 Å². The molecule has 0 aliphatic heterocycles. The van der Waals surface area contributed by atoms with Gasteiger partial charge in [-0.05, 0) is 81.1 Å². The molecule has 3 heteroatoms. The van der Waals surface area contributed by atoms with Gasteiger partial charge in [0.15, 0.2) is 5.58 Å². The number of furan rings is 1. The van der Waals surface area contributed by atoms with Gasteiger partial charge in [-0.25, -0.2) is 0 Å². The molecule has 9 aromatic carbocycles. The average Bonchev–Trinajstić information content (AvgIpc) is 3.83. The quantitative estimate of drug-likeness (QED) is 0.170. The molecular weight excluding hydrogens is 687 g/mol. The fraction of sp³-hybridized carbons (Fsp3) is 0. The molecule has 2 nitrogen and oxygen atoms in total. The van der Waals surface area contributed by atoms with Crippen molar-refractivity contribution in [1.82, 2.24) is 0 Å². The van der Waals surface area contributed by atoms with Gasteiger partial charge in [0, 0.05) is 42.2 Å². The normalized spacial score (nSPS) is 11.6. The van der Waals surface area contributed by atoms with Crippen LogP contribution in [0.3, 0.4) is 0 Å². The van der Waals surface area contributed by atoms with E-state index in [0.717, 1.165) is 44.6 Å². The molecule has 0 atom stereocenters. The van der Waals surface area contributed by atoms with E-state index in [1.165, 1.54) is 58.8 Å². The third-order valence-electron chi connectivity index (χ3n) is 10.9. The van der Waals surface area contributed by atoms with Crippen LogP contribution < -0.4 is 4.90 Å². The van der Waals surface area contributed by atoms with Crippen LogP contribution in [0.1, 0.15) is 0 Å². The summed E-state index contributed by atoms with van der Waals surface area (Å²) in [7, 11) is 0. The molecule has 0 amide bonds. The minimum Gasteiger partial charge on any atom is -0.454 e. The summed E-state index contributed by atoms with van der Waals surface area (Å²) in [6.07, 6.45) is 0. The number of hydrogen-bond donors (Lipinski definition) is 0. The van der Waals surface area contributed by atoms with Gasteiger partial charge in [0.05, 0.1) is 11.4 Å². The molecule has 0 N–H and O–H groups in total. The van der Waals surface area contributed by atoms with E-state index in [1.807, 2.05) is 17.4 Å². The van der Waals surface area contributed by atoms with Crippen molar-refractivity contribution in [3.8, 4) is 33.4 Å². The molecule has 0 spiro atoms. The molecule has 258 valence electrons. The lowest BCUT2D eigenvalue weighted by atomic mass is 9.96. The zero-order valence-electron chi connectivity index (χ0n) is 29.8. The Hall–Kier alpha value is -6.94. The molecule has 0 aliphatic rings. The van der Waals surface area contributed by atoms with Crippen molar-refractivity contribution in [1.29, 1.82) is 0 Å². The van der Waals surface area contributed by atoms with Gasteiger partial charge >= 0.3 is 0 Å². The third kappa shape index (κ3) is 5.32. The fourth-order valence-corrected chi connectivity index (χ4v) is 9.39. The van der Waals surface area contributed by atoms with Crippen LogP contribution in [0, 0.1) is 0 Å². The van der Waals surface area contributed by atoms with Crippen LogP contribution in [0.2, 0.25) is 0 Å². The standard InChI is InChI=1S/C52H33NOS/c1-2-13-40-36(11-1)12-9-17-41(40)37-25-23-34(24-26-37)35-27-30-39(31-28-35)53(48-20-10-18-46-43-15-4-7-21-49(43)54-52(46)48)47-19-6-3-14-42(47)38-29-32-45-44-16-5-8-22-50(44)55-51(45)33-38/h1-33H. The van der Waals surface area contributed by atoms with Crippen LogP contribution in [0.25, 0.3) is 86.3 Å². The van der Waals surface area contributed by atoms with Crippen molar-refractivity contribution >= 4 is 81.3 Å². The lowest BCUT2D eigenvalue weighted by molar-refractivity contribution is 0.669. The number of rotatable bonds is 6. The first-order valence-corrected chi connectivity index (χ1v) is 19.5. The first kappa shape index (κ1) is 31.6. The molecular formula is C52H33NOS. The van der Waals surface area contributed by atoms with Gasteiger partial charge in [0.1, 0.15) is 5.58 Å². The number of anilines is 3. The first-order chi connectivity index (χ1) is 27.3. The zero-order chi connectivity index (χ0) is 36.3. The number of hydrogen-bond acceptors (Lipinski definition) is 3. The minimum atomic E-state index is 0.867. The monoisotopic (exact) mass is 719 g/mol. The van der Waals surface area contributed by atoms with Crippen LogP contribution in [-0.4, -0.2) is 0 Å². The van der Waals surface area contributed by atoms with Gasteiger partial charge in [0.25, 0.3) is 0 Å². The average molecular weight is 720 g/mol. The second-order valence-electron chi connectivity index (χ2n) is 14.1. The van der Waals surface area contributed by atoms with Crippen molar-refractivity contribution in [3.63, 3.8) is 0 Å². The van der Waals surface area contributed by atoms with E-state index < -0.39 is 0 Å².